The number of fused-ring (bicyclic) bond motifs is 3. The number of para-hydroxylation sites is 2. The molecule has 0 amide bonds. The summed E-state index contributed by atoms with van der Waals surface area (Å²) < 4.78 is 37.9. The van der Waals surface area contributed by atoms with Crippen molar-refractivity contribution >= 4 is 21.8 Å². The molecule has 0 saturated heterocycles. The average Bonchev–Trinajstić information content (AvgIpc) is 3.74. The van der Waals surface area contributed by atoms with E-state index in [2.05, 4.69) is 97.1 Å². The summed E-state index contributed by atoms with van der Waals surface area (Å²) >= 11 is 0. The molecule has 11 rings (SSSR count). The molecule has 286 valence electrons. The normalized spacial score (nSPS) is 12.2. The van der Waals surface area contributed by atoms with E-state index in [0.29, 0.717) is 28.4 Å². The zero-order chi connectivity index (χ0) is 44.0. The predicted octanol–water partition coefficient (Wildman–Crippen LogP) is 14.6. The van der Waals surface area contributed by atoms with E-state index in [1.807, 2.05) is 114 Å². The number of hydrogen-bond donors (Lipinski definition) is 0. The molecule has 0 aliphatic carbocycles. The van der Waals surface area contributed by atoms with Crippen molar-refractivity contribution in [2.75, 3.05) is 0 Å². The monoisotopic (exact) mass is 782 g/mol. The third-order valence-electron chi connectivity index (χ3n) is 11.2. The van der Waals surface area contributed by atoms with E-state index in [9.17, 15) is 1.37 Å². The van der Waals surface area contributed by atoms with E-state index in [0.717, 1.165) is 77.8 Å². The van der Waals surface area contributed by atoms with Gasteiger partial charge >= 0.3 is 0 Å². The molecule has 2 heterocycles. The predicted molar refractivity (Wildman–Crippen MR) is 252 cm³/mol. The molecular formula is C57H38N4. The van der Waals surface area contributed by atoms with Gasteiger partial charge in [-0.15, -0.1) is 0 Å². The van der Waals surface area contributed by atoms with Gasteiger partial charge in [0.15, 0.2) is 17.5 Å². The van der Waals surface area contributed by atoms with Crippen LogP contribution in [0.4, 0.5) is 0 Å². The third-order valence-corrected chi connectivity index (χ3v) is 11.2. The van der Waals surface area contributed by atoms with Gasteiger partial charge in [0.2, 0.25) is 0 Å². The number of rotatable bonds is 8. The van der Waals surface area contributed by atoms with Crippen molar-refractivity contribution in [2.24, 2.45) is 0 Å². The quantitative estimate of drug-likeness (QED) is 0.154. The van der Waals surface area contributed by atoms with E-state index < -0.39 is 0 Å². The zero-order valence-electron chi connectivity index (χ0n) is 36.9. The standard InChI is InChI=1S/C57H38N4/c1-4-16-39(17-5-1)41-32-34-43(35-33-41)56-58-55(42-20-8-3-9-21-42)59-57(60-56)48-26-13-23-45(37-48)46-24-14-27-49(38-46)61-53-31-11-10-28-51(53)52-30-15-29-50(54(52)61)47-25-12-22-44(36-47)40-18-6-2-7-19-40/h1-38H/i10D,11D,28D,31D. The van der Waals surface area contributed by atoms with Gasteiger partial charge in [-0.2, -0.15) is 0 Å². The van der Waals surface area contributed by atoms with Crippen molar-refractivity contribution in [3.05, 3.63) is 230 Å². The van der Waals surface area contributed by atoms with Gasteiger partial charge in [-0.1, -0.05) is 200 Å². The summed E-state index contributed by atoms with van der Waals surface area (Å²) in [6, 6.07) is 68.7. The largest absolute Gasteiger partial charge is 0.309 e. The highest BCUT2D eigenvalue weighted by Gasteiger charge is 2.18. The fourth-order valence-corrected chi connectivity index (χ4v) is 8.21. The van der Waals surface area contributed by atoms with E-state index in [1.54, 1.807) is 0 Å². The lowest BCUT2D eigenvalue weighted by Crippen LogP contribution is -2.00. The molecule has 0 atom stereocenters. The van der Waals surface area contributed by atoms with Gasteiger partial charge in [-0.25, -0.2) is 15.0 Å². The Labute approximate surface area is 360 Å². The van der Waals surface area contributed by atoms with Crippen molar-refractivity contribution in [1.82, 2.24) is 19.5 Å². The Balaban J connectivity index is 1.05. The summed E-state index contributed by atoms with van der Waals surface area (Å²) in [6.45, 7) is 0. The zero-order valence-corrected chi connectivity index (χ0v) is 32.9. The lowest BCUT2D eigenvalue weighted by atomic mass is 9.97. The van der Waals surface area contributed by atoms with E-state index in [-0.39, 0.29) is 24.2 Å². The van der Waals surface area contributed by atoms with Crippen molar-refractivity contribution in [3.63, 3.8) is 0 Å². The molecule has 11 aromatic rings. The molecule has 0 fully saturated rings. The van der Waals surface area contributed by atoms with Crippen molar-refractivity contribution in [2.45, 2.75) is 0 Å². The van der Waals surface area contributed by atoms with Gasteiger partial charge in [-0.3, -0.25) is 0 Å². The minimum absolute atomic E-state index is 0.0671. The van der Waals surface area contributed by atoms with E-state index >= 15 is 0 Å². The molecule has 0 aliphatic rings. The Hall–Kier alpha value is -8.21. The highest BCUT2D eigenvalue weighted by Crippen LogP contribution is 2.40. The minimum atomic E-state index is -0.276. The first-order chi connectivity index (χ1) is 31.9. The second kappa shape index (κ2) is 15.5. The Bertz CT molecular complexity index is 3570. The topological polar surface area (TPSA) is 43.6 Å². The van der Waals surface area contributed by atoms with Crippen molar-refractivity contribution < 1.29 is 5.48 Å². The highest BCUT2D eigenvalue weighted by molar-refractivity contribution is 6.14. The molecule has 9 aromatic carbocycles. The molecule has 4 heteroatoms. The molecule has 4 nitrogen and oxygen atoms in total. The number of nitrogens with zero attached hydrogens (tertiary/aromatic N) is 4. The molecule has 0 bridgehead atoms. The Morgan fingerprint density at radius 1 is 0.328 bits per heavy atom. The van der Waals surface area contributed by atoms with Crippen LogP contribution in [0, 0.1) is 0 Å². The summed E-state index contributed by atoms with van der Waals surface area (Å²) in [5.74, 6) is 1.69. The second-order valence-corrected chi connectivity index (χ2v) is 15.0. The van der Waals surface area contributed by atoms with Crippen LogP contribution in [0.3, 0.4) is 0 Å². The van der Waals surface area contributed by atoms with Gasteiger partial charge < -0.3 is 4.57 Å². The van der Waals surface area contributed by atoms with Gasteiger partial charge in [0.05, 0.1) is 16.5 Å². The summed E-state index contributed by atoms with van der Waals surface area (Å²) in [6.07, 6.45) is 0. The second-order valence-electron chi connectivity index (χ2n) is 15.0. The average molecular weight is 783 g/mol. The van der Waals surface area contributed by atoms with Crippen LogP contribution < -0.4 is 0 Å². The van der Waals surface area contributed by atoms with Gasteiger partial charge in [-0.05, 0) is 69.3 Å². The Kier molecular flexibility index (Phi) is 8.07. The molecule has 2 aromatic heterocycles. The Morgan fingerprint density at radius 2 is 0.770 bits per heavy atom. The third kappa shape index (κ3) is 6.86. The molecular weight excluding hydrogens is 741 g/mol. The van der Waals surface area contributed by atoms with E-state index in [4.69, 9.17) is 19.1 Å². The lowest BCUT2D eigenvalue weighted by molar-refractivity contribution is 1.07. The van der Waals surface area contributed by atoms with E-state index in [1.165, 1.54) is 0 Å². The van der Waals surface area contributed by atoms with Crippen LogP contribution in [-0.2, 0) is 0 Å². The maximum Gasteiger partial charge on any atom is 0.164 e. The summed E-state index contributed by atoms with van der Waals surface area (Å²) in [7, 11) is 0. The smallest absolute Gasteiger partial charge is 0.164 e. The number of hydrogen-bond acceptors (Lipinski definition) is 3. The fraction of sp³-hybridized carbons (Fsp3) is 0. The first kappa shape index (κ1) is 31.7. The summed E-state index contributed by atoms with van der Waals surface area (Å²) in [4.78, 5) is 15.1. The first-order valence-electron chi connectivity index (χ1n) is 22.3. The maximum absolute atomic E-state index is 9.29. The Morgan fingerprint density at radius 3 is 1.46 bits per heavy atom. The minimum Gasteiger partial charge on any atom is -0.309 e. The SMILES string of the molecule is [2H]c1c([2H])c([2H])c2c(c1[2H])c1cccc(-c3cccc(-c4ccccc4)c3)c1n2-c1cccc(-c2cccc(-c3nc(-c4ccccc4)nc(-c4ccc(-c5ccccc5)cc4)n3)c2)c1. The van der Waals surface area contributed by atoms with Crippen LogP contribution in [0.5, 0.6) is 0 Å². The van der Waals surface area contributed by atoms with Gasteiger partial charge in [0.1, 0.15) is 0 Å². The lowest BCUT2D eigenvalue weighted by Gasteiger charge is -2.14. The maximum atomic E-state index is 9.29. The van der Waals surface area contributed by atoms with Crippen LogP contribution >= 0.6 is 0 Å². The van der Waals surface area contributed by atoms with Crippen molar-refractivity contribution in [3.8, 4) is 84.4 Å². The van der Waals surface area contributed by atoms with Crippen molar-refractivity contribution in [1.29, 1.82) is 0 Å². The molecule has 0 N–H and O–H groups in total. The molecule has 0 saturated carbocycles. The van der Waals surface area contributed by atoms with Crippen LogP contribution in [-0.4, -0.2) is 19.5 Å². The van der Waals surface area contributed by atoms with Crippen LogP contribution in [0.15, 0.2) is 230 Å². The highest BCUT2D eigenvalue weighted by atomic mass is 15.0. The molecule has 0 unspecified atom stereocenters. The number of benzene rings is 9. The first-order valence-corrected chi connectivity index (χ1v) is 20.3. The van der Waals surface area contributed by atoms with Gasteiger partial charge in [0.25, 0.3) is 0 Å². The van der Waals surface area contributed by atoms with Crippen LogP contribution in [0.2, 0.25) is 0 Å². The van der Waals surface area contributed by atoms with Crippen LogP contribution in [0.1, 0.15) is 5.48 Å². The van der Waals surface area contributed by atoms with Crippen LogP contribution in [0.25, 0.3) is 106 Å². The fourth-order valence-electron chi connectivity index (χ4n) is 8.21. The summed E-state index contributed by atoms with van der Waals surface area (Å²) in [5, 5.41) is 1.23. The molecule has 0 spiro atoms. The molecule has 0 radical (unpaired) electrons. The number of aromatic nitrogens is 4. The van der Waals surface area contributed by atoms with Gasteiger partial charge in [0, 0.05) is 38.7 Å². The molecule has 0 aliphatic heterocycles. The molecule has 61 heavy (non-hydrogen) atoms. The summed E-state index contributed by atoms with van der Waals surface area (Å²) in [5.41, 5.74) is 12.7.